The molecule has 1 aromatic heterocycles. The molecule has 0 aliphatic rings. The van der Waals surface area contributed by atoms with Crippen molar-refractivity contribution in [1.29, 1.82) is 0 Å². The lowest BCUT2D eigenvalue weighted by atomic mass is 10.1. The lowest BCUT2D eigenvalue weighted by Crippen LogP contribution is -2.29. The van der Waals surface area contributed by atoms with E-state index >= 15 is 0 Å². The quantitative estimate of drug-likeness (QED) is 0.482. The van der Waals surface area contributed by atoms with E-state index in [1.807, 2.05) is 57.1 Å². The molecule has 0 aliphatic carbocycles. The van der Waals surface area contributed by atoms with Crippen molar-refractivity contribution in [3.05, 3.63) is 46.6 Å². The number of carbonyl (C=O) groups is 1. The van der Waals surface area contributed by atoms with E-state index in [-0.39, 0.29) is 11.9 Å². The summed E-state index contributed by atoms with van der Waals surface area (Å²) < 4.78 is 0. The molecule has 2 rings (SSSR count). The summed E-state index contributed by atoms with van der Waals surface area (Å²) in [5, 5.41) is 3.94. The maximum atomic E-state index is 11.9. The fourth-order valence-corrected chi connectivity index (χ4v) is 2.96. The van der Waals surface area contributed by atoms with Crippen LogP contribution in [-0.4, -0.2) is 36.0 Å². The van der Waals surface area contributed by atoms with Crippen LogP contribution in [0.1, 0.15) is 29.8 Å². The summed E-state index contributed by atoms with van der Waals surface area (Å²) in [5.41, 5.74) is 1.75. The Labute approximate surface area is 151 Å². The summed E-state index contributed by atoms with van der Waals surface area (Å²) in [7, 11) is 3.82. The van der Waals surface area contributed by atoms with Crippen LogP contribution in [0.15, 0.2) is 35.5 Å². The molecule has 1 N–H and O–H groups in total. The fourth-order valence-electron chi connectivity index (χ4n) is 1.92. The third kappa shape index (κ3) is 5.39. The van der Waals surface area contributed by atoms with Gasteiger partial charge >= 0.3 is 0 Å². The molecule has 0 atom stereocenters. The van der Waals surface area contributed by atoms with Gasteiger partial charge in [-0.1, -0.05) is 35.5 Å². The number of rotatable bonds is 6. The van der Waals surface area contributed by atoms with Gasteiger partial charge in [-0.3, -0.25) is 4.79 Å². The average Bonchev–Trinajstić information content (AvgIpc) is 2.52. The number of anilines is 1. The van der Waals surface area contributed by atoms with Gasteiger partial charge in [-0.05, 0) is 31.5 Å². The predicted octanol–water partition coefficient (Wildman–Crippen LogP) is 3.63. The fraction of sp³-hybridized carbons (Fsp3) is 0.353. The predicted molar refractivity (Wildman–Crippen MR) is 100.0 cm³/mol. The Morgan fingerprint density at radius 1 is 1.25 bits per heavy atom. The molecule has 0 spiro atoms. The van der Waals surface area contributed by atoms with E-state index in [4.69, 9.17) is 11.6 Å². The number of hydrogen-bond acceptors (Lipinski definition) is 5. The second-order valence-electron chi connectivity index (χ2n) is 5.84. The van der Waals surface area contributed by atoms with Gasteiger partial charge in [0.05, 0.1) is 0 Å². The molecule has 24 heavy (non-hydrogen) atoms. The SMILES string of the molecule is CC(C)NC(=O)c1ccc(CSc2nc(Cl)cc(N(C)C)n2)cc1. The van der Waals surface area contributed by atoms with Gasteiger partial charge in [0, 0.05) is 37.5 Å². The summed E-state index contributed by atoms with van der Waals surface area (Å²) in [6, 6.07) is 9.40. The molecule has 128 valence electrons. The van der Waals surface area contributed by atoms with Crippen LogP contribution in [0.4, 0.5) is 5.82 Å². The Bertz CT molecular complexity index is 704. The Hall–Kier alpha value is -1.79. The molecular formula is C17H21ClN4OS. The van der Waals surface area contributed by atoms with Gasteiger partial charge < -0.3 is 10.2 Å². The zero-order valence-corrected chi connectivity index (χ0v) is 15.8. The van der Waals surface area contributed by atoms with Gasteiger partial charge in [-0.2, -0.15) is 0 Å². The molecule has 5 nitrogen and oxygen atoms in total. The van der Waals surface area contributed by atoms with Crippen molar-refractivity contribution < 1.29 is 4.79 Å². The maximum Gasteiger partial charge on any atom is 0.251 e. The third-order valence-corrected chi connectivity index (χ3v) is 4.23. The first-order valence-corrected chi connectivity index (χ1v) is 8.96. The molecule has 1 heterocycles. The van der Waals surface area contributed by atoms with Crippen LogP contribution in [0.25, 0.3) is 0 Å². The highest BCUT2D eigenvalue weighted by molar-refractivity contribution is 7.98. The van der Waals surface area contributed by atoms with Gasteiger partial charge in [0.1, 0.15) is 11.0 Å². The molecule has 0 aliphatic heterocycles. The summed E-state index contributed by atoms with van der Waals surface area (Å²) in [6.07, 6.45) is 0. The topological polar surface area (TPSA) is 58.1 Å². The van der Waals surface area contributed by atoms with Crippen LogP contribution >= 0.6 is 23.4 Å². The van der Waals surface area contributed by atoms with Gasteiger partial charge in [0.15, 0.2) is 5.16 Å². The van der Waals surface area contributed by atoms with Gasteiger partial charge in [0.25, 0.3) is 5.91 Å². The number of halogens is 1. The van der Waals surface area contributed by atoms with E-state index in [1.165, 1.54) is 11.8 Å². The molecule has 7 heteroatoms. The van der Waals surface area contributed by atoms with Crippen LogP contribution in [-0.2, 0) is 5.75 Å². The number of nitrogens with one attached hydrogen (secondary N) is 1. The summed E-state index contributed by atoms with van der Waals surface area (Å²) >= 11 is 7.55. The standard InChI is InChI=1S/C17H21ClN4OS/c1-11(2)19-16(23)13-7-5-12(6-8-13)10-24-17-20-14(18)9-15(21-17)22(3)4/h5-9,11H,10H2,1-4H3,(H,19,23). The minimum atomic E-state index is -0.0574. The van der Waals surface area contributed by atoms with Crippen molar-refractivity contribution in [3.8, 4) is 0 Å². The molecule has 0 bridgehead atoms. The molecule has 1 aromatic carbocycles. The lowest BCUT2D eigenvalue weighted by molar-refractivity contribution is 0.0943. The van der Waals surface area contributed by atoms with E-state index in [2.05, 4.69) is 15.3 Å². The van der Waals surface area contributed by atoms with Crippen molar-refractivity contribution in [1.82, 2.24) is 15.3 Å². The average molecular weight is 365 g/mol. The Kier molecular flexibility index (Phi) is 6.45. The van der Waals surface area contributed by atoms with Crippen molar-refractivity contribution in [2.45, 2.75) is 30.8 Å². The molecule has 0 fully saturated rings. The number of nitrogens with zero attached hydrogens (tertiary/aromatic N) is 3. The molecule has 1 amide bonds. The van der Waals surface area contributed by atoms with E-state index in [1.54, 1.807) is 6.07 Å². The number of hydrogen-bond donors (Lipinski definition) is 1. The van der Waals surface area contributed by atoms with Crippen molar-refractivity contribution in [2.75, 3.05) is 19.0 Å². The van der Waals surface area contributed by atoms with Gasteiger partial charge in [-0.15, -0.1) is 0 Å². The number of benzene rings is 1. The number of aromatic nitrogens is 2. The van der Waals surface area contributed by atoms with Crippen LogP contribution in [0, 0.1) is 0 Å². The minimum Gasteiger partial charge on any atom is -0.363 e. The number of thioether (sulfide) groups is 1. The Balaban J connectivity index is 2.01. The van der Waals surface area contributed by atoms with E-state index in [0.717, 1.165) is 11.4 Å². The maximum absolute atomic E-state index is 11.9. The molecule has 2 aromatic rings. The zero-order valence-electron chi connectivity index (χ0n) is 14.2. The highest BCUT2D eigenvalue weighted by Gasteiger charge is 2.08. The Morgan fingerprint density at radius 2 is 1.92 bits per heavy atom. The van der Waals surface area contributed by atoms with E-state index < -0.39 is 0 Å². The van der Waals surface area contributed by atoms with Crippen LogP contribution in [0.3, 0.4) is 0 Å². The molecule has 0 unspecified atom stereocenters. The first-order valence-electron chi connectivity index (χ1n) is 7.59. The van der Waals surface area contributed by atoms with Gasteiger partial charge in [0.2, 0.25) is 0 Å². The second-order valence-corrected chi connectivity index (χ2v) is 7.17. The van der Waals surface area contributed by atoms with Crippen LogP contribution < -0.4 is 10.2 Å². The smallest absolute Gasteiger partial charge is 0.251 e. The highest BCUT2D eigenvalue weighted by Crippen LogP contribution is 2.24. The lowest BCUT2D eigenvalue weighted by Gasteiger charge is -2.12. The zero-order chi connectivity index (χ0) is 17.7. The minimum absolute atomic E-state index is 0.0574. The third-order valence-electron chi connectivity index (χ3n) is 3.12. The highest BCUT2D eigenvalue weighted by atomic mass is 35.5. The molecule has 0 saturated carbocycles. The molecule has 0 saturated heterocycles. The summed E-state index contributed by atoms with van der Waals surface area (Å²) in [4.78, 5) is 22.5. The first kappa shape index (κ1) is 18.5. The van der Waals surface area contributed by atoms with E-state index in [0.29, 0.717) is 21.6 Å². The number of amides is 1. The van der Waals surface area contributed by atoms with Crippen molar-refractivity contribution >= 4 is 35.1 Å². The first-order chi connectivity index (χ1) is 11.3. The van der Waals surface area contributed by atoms with Crippen LogP contribution in [0.5, 0.6) is 0 Å². The summed E-state index contributed by atoms with van der Waals surface area (Å²) in [5.74, 6) is 1.43. The van der Waals surface area contributed by atoms with Gasteiger partial charge in [-0.25, -0.2) is 9.97 Å². The van der Waals surface area contributed by atoms with Crippen molar-refractivity contribution in [3.63, 3.8) is 0 Å². The second kappa shape index (κ2) is 8.35. The molecule has 0 radical (unpaired) electrons. The normalized spacial score (nSPS) is 10.8. The molecular weight excluding hydrogens is 344 g/mol. The summed E-state index contributed by atoms with van der Waals surface area (Å²) in [6.45, 7) is 3.88. The largest absolute Gasteiger partial charge is 0.363 e. The van der Waals surface area contributed by atoms with Crippen LogP contribution in [0.2, 0.25) is 5.15 Å². The van der Waals surface area contributed by atoms with E-state index in [9.17, 15) is 4.79 Å². The Morgan fingerprint density at radius 3 is 2.50 bits per heavy atom. The van der Waals surface area contributed by atoms with Crippen molar-refractivity contribution in [2.24, 2.45) is 0 Å². The monoisotopic (exact) mass is 364 g/mol. The number of carbonyl (C=O) groups excluding carboxylic acids is 1.